The molecule has 0 saturated carbocycles. The van der Waals surface area contributed by atoms with Crippen molar-refractivity contribution < 1.29 is 24.5 Å². The van der Waals surface area contributed by atoms with Crippen molar-refractivity contribution >= 4 is 11.9 Å². The van der Waals surface area contributed by atoms with E-state index in [9.17, 15) is 19.8 Å². The van der Waals surface area contributed by atoms with Gasteiger partial charge in [0.15, 0.2) is 0 Å². The SMILES string of the molecule is CCCCCCCCCCCCCCCCCCCC(O)C(CO)NC(=O)CCCCCCCCCCCCCCCCCCCCCCCCOC(=O)CCCCCCCCCCCCCCCC. The van der Waals surface area contributed by atoms with Crippen LogP contribution < -0.4 is 5.32 Å². The van der Waals surface area contributed by atoms with Crippen LogP contribution in [0, 0.1) is 0 Å². The van der Waals surface area contributed by atoms with Crippen LogP contribution in [0.1, 0.15) is 373 Å². The molecule has 0 aliphatic carbocycles. The molecule has 0 aliphatic rings. The third-order valence-corrected chi connectivity index (χ3v) is 15.4. The van der Waals surface area contributed by atoms with Gasteiger partial charge in [0.05, 0.1) is 25.4 Å². The summed E-state index contributed by atoms with van der Waals surface area (Å²) in [5, 5.41) is 23.3. The van der Waals surface area contributed by atoms with E-state index in [0.29, 0.717) is 25.9 Å². The number of hydrogen-bond donors (Lipinski definition) is 3. The summed E-state index contributed by atoms with van der Waals surface area (Å²) < 4.78 is 5.49. The molecule has 0 radical (unpaired) electrons. The highest BCUT2D eigenvalue weighted by Crippen LogP contribution is 2.19. The molecule has 70 heavy (non-hydrogen) atoms. The van der Waals surface area contributed by atoms with Gasteiger partial charge in [0, 0.05) is 12.8 Å². The molecule has 0 aromatic carbocycles. The normalized spacial score (nSPS) is 12.5. The topological polar surface area (TPSA) is 95.9 Å². The lowest BCUT2D eigenvalue weighted by Crippen LogP contribution is -2.45. The van der Waals surface area contributed by atoms with Gasteiger partial charge in [0.2, 0.25) is 5.91 Å². The standard InChI is InChI=1S/C64H127NO5/c1-3-5-7-9-11-13-15-17-19-26-29-32-36-40-44-48-52-56-62(67)61(60-66)65-63(68)57-53-49-45-41-37-33-30-27-24-22-20-21-23-25-28-31-35-39-43-47-51-55-59-70-64(69)58-54-50-46-42-38-34-18-16-14-12-10-8-6-4-2/h61-62,66-67H,3-60H2,1-2H3,(H,65,68). The van der Waals surface area contributed by atoms with Crippen molar-refractivity contribution in [3.05, 3.63) is 0 Å². The third kappa shape index (κ3) is 56.2. The minimum absolute atomic E-state index is 0.0167. The molecule has 0 aromatic heterocycles. The zero-order chi connectivity index (χ0) is 50.7. The van der Waals surface area contributed by atoms with Crippen LogP contribution in [0.25, 0.3) is 0 Å². The minimum atomic E-state index is -0.663. The number of unbranched alkanes of at least 4 members (excludes halogenated alkanes) is 50. The molecule has 2 atom stereocenters. The lowest BCUT2D eigenvalue weighted by molar-refractivity contribution is -0.143. The van der Waals surface area contributed by atoms with E-state index in [-0.39, 0.29) is 18.5 Å². The number of aliphatic hydroxyl groups is 2. The average Bonchev–Trinajstić information content (AvgIpc) is 3.36. The molecule has 6 nitrogen and oxygen atoms in total. The zero-order valence-electron chi connectivity index (χ0n) is 47.8. The molecule has 0 fully saturated rings. The lowest BCUT2D eigenvalue weighted by Gasteiger charge is -2.22. The van der Waals surface area contributed by atoms with Crippen molar-refractivity contribution in [2.45, 2.75) is 386 Å². The van der Waals surface area contributed by atoms with Crippen molar-refractivity contribution in [3.8, 4) is 0 Å². The van der Waals surface area contributed by atoms with Gasteiger partial charge in [-0.2, -0.15) is 0 Å². The first-order valence-corrected chi connectivity index (χ1v) is 32.3. The van der Waals surface area contributed by atoms with E-state index in [1.807, 2.05) is 0 Å². The minimum Gasteiger partial charge on any atom is -0.466 e. The Kier molecular flexibility index (Phi) is 59.4. The molecule has 0 spiro atoms. The average molecular weight is 991 g/mol. The van der Waals surface area contributed by atoms with Crippen LogP contribution in [0.15, 0.2) is 0 Å². The Labute approximate surface area is 438 Å². The van der Waals surface area contributed by atoms with Crippen LogP contribution in [0.2, 0.25) is 0 Å². The predicted octanol–water partition coefficient (Wildman–Crippen LogP) is 20.3. The molecule has 1 amide bonds. The highest BCUT2D eigenvalue weighted by Gasteiger charge is 2.20. The second-order valence-electron chi connectivity index (χ2n) is 22.5. The first-order chi connectivity index (χ1) is 34.5. The van der Waals surface area contributed by atoms with Crippen molar-refractivity contribution in [2.75, 3.05) is 13.2 Å². The Hall–Kier alpha value is -1.14. The van der Waals surface area contributed by atoms with E-state index in [0.717, 1.165) is 38.5 Å². The van der Waals surface area contributed by atoms with Crippen molar-refractivity contribution in [1.82, 2.24) is 5.32 Å². The molecule has 0 heterocycles. The van der Waals surface area contributed by atoms with Gasteiger partial charge < -0.3 is 20.3 Å². The summed E-state index contributed by atoms with van der Waals surface area (Å²) in [6.07, 6.45) is 71.2. The smallest absolute Gasteiger partial charge is 0.305 e. The fourth-order valence-electron chi connectivity index (χ4n) is 10.5. The summed E-state index contributed by atoms with van der Waals surface area (Å²) >= 11 is 0. The summed E-state index contributed by atoms with van der Waals surface area (Å²) in [6.45, 7) is 4.99. The molecule has 0 aliphatic heterocycles. The van der Waals surface area contributed by atoms with Crippen LogP contribution in [0.4, 0.5) is 0 Å². The largest absolute Gasteiger partial charge is 0.466 e. The summed E-state index contributed by atoms with van der Waals surface area (Å²) in [5.74, 6) is -0.0144. The Bertz CT molecular complexity index is 1010. The molecular weight excluding hydrogens is 863 g/mol. The molecule has 0 rings (SSSR count). The van der Waals surface area contributed by atoms with E-state index >= 15 is 0 Å². The van der Waals surface area contributed by atoms with Crippen LogP contribution in [0.3, 0.4) is 0 Å². The number of ether oxygens (including phenoxy) is 1. The number of carbonyl (C=O) groups is 2. The predicted molar refractivity (Wildman–Crippen MR) is 306 cm³/mol. The molecule has 3 N–H and O–H groups in total. The van der Waals surface area contributed by atoms with Gasteiger partial charge in [-0.25, -0.2) is 0 Å². The van der Waals surface area contributed by atoms with E-state index in [2.05, 4.69) is 19.2 Å². The maximum atomic E-state index is 12.5. The van der Waals surface area contributed by atoms with Crippen molar-refractivity contribution in [1.29, 1.82) is 0 Å². The molecule has 0 aromatic rings. The number of nitrogens with one attached hydrogen (secondary N) is 1. The Morgan fingerprint density at radius 3 is 0.871 bits per heavy atom. The Balaban J connectivity index is 3.36. The van der Waals surface area contributed by atoms with E-state index in [4.69, 9.17) is 4.74 Å². The van der Waals surface area contributed by atoms with Crippen LogP contribution >= 0.6 is 0 Å². The molecular formula is C64H127NO5. The van der Waals surface area contributed by atoms with Crippen molar-refractivity contribution in [3.63, 3.8) is 0 Å². The summed E-state index contributed by atoms with van der Waals surface area (Å²) in [4.78, 5) is 24.6. The fourth-order valence-corrected chi connectivity index (χ4v) is 10.5. The summed E-state index contributed by atoms with van der Waals surface area (Å²) in [7, 11) is 0. The monoisotopic (exact) mass is 990 g/mol. The van der Waals surface area contributed by atoms with E-state index < -0.39 is 12.1 Å². The van der Waals surface area contributed by atoms with E-state index in [1.165, 1.54) is 302 Å². The van der Waals surface area contributed by atoms with Gasteiger partial charge in [-0.3, -0.25) is 9.59 Å². The fraction of sp³-hybridized carbons (Fsp3) is 0.969. The number of esters is 1. The van der Waals surface area contributed by atoms with Crippen LogP contribution in [0.5, 0.6) is 0 Å². The van der Waals surface area contributed by atoms with Gasteiger partial charge >= 0.3 is 5.97 Å². The number of amides is 1. The number of carbonyl (C=O) groups excluding carboxylic acids is 2. The third-order valence-electron chi connectivity index (χ3n) is 15.4. The highest BCUT2D eigenvalue weighted by atomic mass is 16.5. The van der Waals surface area contributed by atoms with Gasteiger partial charge in [-0.05, 0) is 25.7 Å². The Morgan fingerprint density at radius 2 is 0.586 bits per heavy atom. The Morgan fingerprint density at radius 1 is 0.343 bits per heavy atom. The lowest BCUT2D eigenvalue weighted by atomic mass is 10.0. The molecule has 6 heteroatoms. The van der Waals surface area contributed by atoms with Gasteiger partial charge in [-0.1, -0.05) is 335 Å². The van der Waals surface area contributed by atoms with E-state index in [1.54, 1.807) is 0 Å². The first-order valence-electron chi connectivity index (χ1n) is 32.3. The van der Waals surface area contributed by atoms with Crippen LogP contribution in [-0.4, -0.2) is 47.4 Å². The molecule has 0 saturated heterocycles. The maximum Gasteiger partial charge on any atom is 0.305 e. The summed E-state index contributed by atoms with van der Waals surface area (Å²) in [5.41, 5.74) is 0. The maximum absolute atomic E-state index is 12.5. The van der Waals surface area contributed by atoms with Gasteiger partial charge in [-0.15, -0.1) is 0 Å². The number of hydrogen-bond acceptors (Lipinski definition) is 5. The number of aliphatic hydroxyl groups excluding tert-OH is 2. The number of rotatable bonds is 61. The quantitative estimate of drug-likeness (QED) is 0.0417. The van der Waals surface area contributed by atoms with Crippen LogP contribution in [-0.2, 0) is 14.3 Å². The summed E-state index contributed by atoms with van der Waals surface area (Å²) in [6, 6.07) is -0.540. The van der Waals surface area contributed by atoms with Gasteiger partial charge in [0.1, 0.15) is 0 Å². The first kappa shape index (κ1) is 68.9. The molecule has 0 bridgehead atoms. The second kappa shape index (κ2) is 60.4. The molecule has 418 valence electrons. The highest BCUT2D eigenvalue weighted by molar-refractivity contribution is 5.76. The zero-order valence-corrected chi connectivity index (χ0v) is 47.8. The van der Waals surface area contributed by atoms with Crippen molar-refractivity contribution in [2.24, 2.45) is 0 Å². The second-order valence-corrected chi connectivity index (χ2v) is 22.5. The van der Waals surface area contributed by atoms with Gasteiger partial charge in [0.25, 0.3) is 0 Å². The molecule has 2 unspecified atom stereocenters.